The van der Waals surface area contributed by atoms with Crippen LogP contribution in [0.15, 0.2) is 22.7 Å². The van der Waals surface area contributed by atoms with Gasteiger partial charge in [0.15, 0.2) is 5.78 Å². The maximum Gasteiger partial charge on any atom is 0.176 e. The van der Waals surface area contributed by atoms with Crippen LogP contribution in [-0.2, 0) is 0 Å². The fourth-order valence-electron chi connectivity index (χ4n) is 1.05. The van der Waals surface area contributed by atoms with Crippen LogP contribution in [-0.4, -0.2) is 17.7 Å². The fourth-order valence-corrected chi connectivity index (χ4v) is 1.85. The Labute approximate surface area is 99.9 Å². The smallest absolute Gasteiger partial charge is 0.176 e. The van der Waals surface area contributed by atoms with Crippen LogP contribution in [0.5, 0.6) is 5.75 Å². The van der Waals surface area contributed by atoms with Gasteiger partial charge in [0.2, 0.25) is 0 Å². The third kappa shape index (κ3) is 2.58. The quantitative estimate of drug-likeness (QED) is 0.630. The highest BCUT2D eigenvalue weighted by Crippen LogP contribution is 2.26. The summed E-state index contributed by atoms with van der Waals surface area (Å²) in [5, 5.41) is 0. The molecule has 0 fully saturated rings. The van der Waals surface area contributed by atoms with Crippen LogP contribution in [0.2, 0.25) is 0 Å². The number of ketones is 1. The number of ether oxygens (including phenoxy) is 1. The predicted molar refractivity (Wildman–Crippen MR) is 63.4 cm³/mol. The Morgan fingerprint density at radius 1 is 1.50 bits per heavy atom. The minimum atomic E-state index is -0.164. The van der Waals surface area contributed by atoms with Crippen molar-refractivity contribution in [1.82, 2.24) is 0 Å². The van der Waals surface area contributed by atoms with E-state index in [1.54, 1.807) is 32.2 Å². The van der Waals surface area contributed by atoms with Crippen molar-refractivity contribution >= 4 is 37.6 Å². The molecule has 1 aromatic rings. The van der Waals surface area contributed by atoms with Crippen molar-refractivity contribution in [3.63, 3.8) is 0 Å². The second-order valence-corrected chi connectivity index (χ2v) is 5.06. The molecule has 0 heterocycles. The molecule has 0 N–H and O–H groups in total. The molecular weight excluding hydrogens is 312 g/mol. The molecule has 2 nitrogen and oxygen atoms in total. The lowest BCUT2D eigenvalue weighted by Crippen LogP contribution is -2.09. The van der Waals surface area contributed by atoms with Gasteiger partial charge in [0, 0.05) is 5.56 Å². The summed E-state index contributed by atoms with van der Waals surface area (Å²) in [6, 6.07) is 5.29. The van der Waals surface area contributed by atoms with Crippen LogP contribution in [0.25, 0.3) is 0 Å². The van der Waals surface area contributed by atoms with Gasteiger partial charge in [-0.05, 0) is 41.1 Å². The number of halogens is 2. The summed E-state index contributed by atoms with van der Waals surface area (Å²) in [7, 11) is 1.59. The molecule has 4 heteroatoms. The Hall–Kier alpha value is -0.350. The SMILES string of the molecule is COc1ccc(C(=O)C(C)Br)cc1Br. The van der Waals surface area contributed by atoms with Crippen LogP contribution >= 0.6 is 31.9 Å². The minimum Gasteiger partial charge on any atom is -0.496 e. The van der Waals surface area contributed by atoms with E-state index in [2.05, 4.69) is 31.9 Å². The van der Waals surface area contributed by atoms with Crippen molar-refractivity contribution in [2.24, 2.45) is 0 Å². The zero-order chi connectivity index (χ0) is 10.7. The number of benzene rings is 1. The standard InChI is InChI=1S/C10H10Br2O2/c1-6(11)10(13)7-3-4-9(14-2)8(12)5-7/h3-6H,1-2H3. The molecule has 0 aliphatic rings. The molecule has 14 heavy (non-hydrogen) atoms. The average Bonchev–Trinajstić information content (AvgIpc) is 2.16. The highest BCUT2D eigenvalue weighted by molar-refractivity contribution is 9.10. The lowest BCUT2D eigenvalue weighted by atomic mass is 10.1. The number of hydrogen-bond acceptors (Lipinski definition) is 2. The first-order valence-electron chi connectivity index (χ1n) is 4.08. The van der Waals surface area contributed by atoms with Crippen LogP contribution < -0.4 is 4.74 Å². The Balaban J connectivity index is 3.03. The molecular formula is C10H10Br2O2. The van der Waals surface area contributed by atoms with Gasteiger partial charge in [0.1, 0.15) is 5.75 Å². The molecule has 1 rings (SSSR count). The molecule has 0 saturated carbocycles. The Morgan fingerprint density at radius 3 is 2.57 bits per heavy atom. The van der Waals surface area contributed by atoms with Crippen molar-refractivity contribution in [2.45, 2.75) is 11.8 Å². The van der Waals surface area contributed by atoms with Crippen LogP contribution in [0.4, 0.5) is 0 Å². The van der Waals surface area contributed by atoms with Gasteiger partial charge in [-0.3, -0.25) is 4.79 Å². The van der Waals surface area contributed by atoms with Gasteiger partial charge < -0.3 is 4.74 Å². The molecule has 0 bridgehead atoms. The van der Waals surface area contributed by atoms with Gasteiger partial charge in [-0.2, -0.15) is 0 Å². The van der Waals surface area contributed by atoms with Crippen molar-refractivity contribution in [2.75, 3.05) is 7.11 Å². The lowest BCUT2D eigenvalue weighted by Gasteiger charge is -2.06. The molecule has 0 spiro atoms. The van der Waals surface area contributed by atoms with Gasteiger partial charge in [-0.1, -0.05) is 15.9 Å². The first-order chi connectivity index (χ1) is 6.56. The molecule has 0 radical (unpaired) electrons. The summed E-state index contributed by atoms with van der Waals surface area (Å²) >= 11 is 6.57. The Morgan fingerprint density at radius 2 is 2.14 bits per heavy atom. The van der Waals surface area contributed by atoms with E-state index in [0.29, 0.717) is 5.56 Å². The Bertz CT molecular complexity index is 348. The second kappa shape index (κ2) is 4.94. The van der Waals surface area contributed by atoms with Gasteiger partial charge in [-0.15, -0.1) is 0 Å². The van der Waals surface area contributed by atoms with E-state index in [0.717, 1.165) is 10.2 Å². The molecule has 1 aromatic carbocycles. The van der Waals surface area contributed by atoms with E-state index in [-0.39, 0.29) is 10.6 Å². The topological polar surface area (TPSA) is 26.3 Å². The van der Waals surface area contributed by atoms with E-state index < -0.39 is 0 Å². The third-order valence-corrected chi connectivity index (χ3v) is 2.83. The first-order valence-corrected chi connectivity index (χ1v) is 5.79. The highest BCUT2D eigenvalue weighted by Gasteiger charge is 2.13. The third-order valence-electron chi connectivity index (χ3n) is 1.80. The van der Waals surface area contributed by atoms with Gasteiger partial charge in [0.25, 0.3) is 0 Å². The maximum atomic E-state index is 11.6. The number of rotatable bonds is 3. The molecule has 0 aromatic heterocycles. The molecule has 1 atom stereocenters. The largest absolute Gasteiger partial charge is 0.496 e. The van der Waals surface area contributed by atoms with Crippen molar-refractivity contribution in [3.8, 4) is 5.75 Å². The molecule has 0 aliphatic carbocycles. The number of carbonyl (C=O) groups is 1. The number of carbonyl (C=O) groups excluding carboxylic acids is 1. The average molecular weight is 322 g/mol. The normalized spacial score (nSPS) is 12.3. The second-order valence-electron chi connectivity index (χ2n) is 2.83. The molecule has 0 amide bonds. The summed E-state index contributed by atoms with van der Waals surface area (Å²) in [5.74, 6) is 0.789. The number of methoxy groups -OCH3 is 1. The predicted octanol–water partition coefficient (Wildman–Crippen LogP) is 3.42. The van der Waals surface area contributed by atoms with E-state index in [4.69, 9.17) is 4.74 Å². The summed E-state index contributed by atoms with van der Waals surface area (Å²) in [6.07, 6.45) is 0. The van der Waals surface area contributed by atoms with Crippen LogP contribution in [0.1, 0.15) is 17.3 Å². The van der Waals surface area contributed by atoms with Crippen LogP contribution in [0, 0.1) is 0 Å². The molecule has 0 aliphatic heterocycles. The Kier molecular flexibility index (Phi) is 4.13. The van der Waals surface area contributed by atoms with Crippen molar-refractivity contribution < 1.29 is 9.53 Å². The van der Waals surface area contributed by atoms with E-state index in [9.17, 15) is 4.79 Å². The number of hydrogen-bond donors (Lipinski definition) is 0. The maximum absolute atomic E-state index is 11.6. The van der Waals surface area contributed by atoms with Crippen molar-refractivity contribution in [3.05, 3.63) is 28.2 Å². The monoisotopic (exact) mass is 320 g/mol. The van der Waals surface area contributed by atoms with E-state index >= 15 is 0 Å². The fraction of sp³-hybridized carbons (Fsp3) is 0.300. The highest BCUT2D eigenvalue weighted by atomic mass is 79.9. The zero-order valence-corrected chi connectivity index (χ0v) is 11.1. The molecule has 1 unspecified atom stereocenters. The molecule has 76 valence electrons. The van der Waals surface area contributed by atoms with Crippen molar-refractivity contribution in [1.29, 1.82) is 0 Å². The summed E-state index contributed by atoms with van der Waals surface area (Å²) in [6.45, 7) is 1.81. The number of Topliss-reactive ketones (excluding diaryl/α,β-unsaturated/α-hetero) is 1. The number of alkyl halides is 1. The van der Waals surface area contributed by atoms with E-state index in [1.807, 2.05) is 0 Å². The first kappa shape index (κ1) is 11.7. The van der Waals surface area contributed by atoms with E-state index in [1.165, 1.54) is 0 Å². The van der Waals surface area contributed by atoms with Gasteiger partial charge in [0.05, 0.1) is 16.4 Å². The van der Waals surface area contributed by atoms with Gasteiger partial charge in [-0.25, -0.2) is 0 Å². The summed E-state index contributed by atoms with van der Waals surface area (Å²) in [4.78, 5) is 11.4. The van der Waals surface area contributed by atoms with Gasteiger partial charge >= 0.3 is 0 Å². The van der Waals surface area contributed by atoms with Crippen LogP contribution in [0.3, 0.4) is 0 Å². The summed E-state index contributed by atoms with van der Waals surface area (Å²) in [5.41, 5.74) is 0.669. The minimum absolute atomic E-state index is 0.0633. The molecule has 0 saturated heterocycles. The summed E-state index contributed by atoms with van der Waals surface area (Å²) < 4.78 is 5.86. The lowest BCUT2D eigenvalue weighted by molar-refractivity contribution is 0.0996. The zero-order valence-electron chi connectivity index (χ0n) is 7.88.